The summed E-state index contributed by atoms with van der Waals surface area (Å²) in [4.78, 5) is 12.8. The van der Waals surface area contributed by atoms with Crippen molar-refractivity contribution in [2.45, 2.75) is 39.7 Å². The molecule has 0 aromatic carbocycles. The third-order valence-corrected chi connectivity index (χ3v) is 4.28. The van der Waals surface area contributed by atoms with Crippen molar-refractivity contribution in [2.24, 2.45) is 5.41 Å². The lowest BCUT2D eigenvalue weighted by molar-refractivity contribution is 0.0749. The molecule has 2 heterocycles. The third kappa shape index (κ3) is 2.52. The molecule has 5 heteroatoms. The maximum Gasteiger partial charge on any atom is 0.187 e. The molecule has 1 saturated heterocycles. The van der Waals surface area contributed by atoms with Crippen LogP contribution in [0.15, 0.2) is 10.7 Å². The third-order valence-electron chi connectivity index (χ3n) is 3.70. The van der Waals surface area contributed by atoms with Crippen LogP contribution in [0.25, 0.3) is 0 Å². The Labute approximate surface area is 116 Å². The molecule has 2 rings (SSSR count). The number of aromatic nitrogens is 2. The molecule has 1 aromatic rings. The first-order valence-corrected chi connectivity index (χ1v) is 7.34. The summed E-state index contributed by atoms with van der Waals surface area (Å²) in [6, 6.07) is 0. The molecule has 18 heavy (non-hydrogen) atoms. The lowest BCUT2D eigenvalue weighted by Crippen LogP contribution is -2.41. The van der Waals surface area contributed by atoms with Crippen molar-refractivity contribution in [1.29, 1.82) is 0 Å². The molecule has 0 aliphatic carbocycles. The van der Waals surface area contributed by atoms with Crippen molar-refractivity contribution < 1.29 is 4.79 Å². The Morgan fingerprint density at radius 1 is 1.56 bits per heavy atom. The quantitative estimate of drug-likeness (QED) is 0.869. The maximum atomic E-state index is 12.8. The van der Waals surface area contributed by atoms with Crippen molar-refractivity contribution >= 4 is 21.7 Å². The smallest absolute Gasteiger partial charge is 0.187 e. The summed E-state index contributed by atoms with van der Waals surface area (Å²) in [5.74, 6) is 0.224. The molecule has 1 aliphatic heterocycles. The van der Waals surface area contributed by atoms with E-state index in [1.54, 1.807) is 6.20 Å². The highest BCUT2D eigenvalue weighted by Gasteiger charge is 2.37. The van der Waals surface area contributed by atoms with E-state index in [2.05, 4.69) is 40.2 Å². The number of carbonyl (C=O) groups excluding carboxylic acids is 1. The highest BCUT2D eigenvalue weighted by atomic mass is 79.9. The summed E-state index contributed by atoms with van der Waals surface area (Å²) in [7, 11) is 0. The number of piperidine rings is 1. The van der Waals surface area contributed by atoms with Gasteiger partial charge < -0.3 is 5.32 Å². The fraction of sp³-hybridized carbons (Fsp3) is 0.692. The van der Waals surface area contributed by atoms with Gasteiger partial charge in [0.15, 0.2) is 5.78 Å². The predicted molar refractivity (Wildman–Crippen MR) is 74.8 cm³/mol. The Kier molecular flexibility index (Phi) is 4.22. The second-order valence-electron chi connectivity index (χ2n) is 5.20. The van der Waals surface area contributed by atoms with Gasteiger partial charge in [0.1, 0.15) is 5.69 Å². The first kappa shape index (κ1) is 13.7. The van der Waals surface area contributed by atoms with E-state index in [-0.39, 0.29) is 11.2 Å². The molecule has 0 spiro atoms. The standard InChI is InChI=1S/C13H20BrN3O/c1-3-8-17-11(10(14)9-16-17)12(18)13(2)4-6-15-7-5-13/h9,15H,3-8H2,1-2H3. The molecule has 100 valence electrons. The molecule has 1 fully saturated rings. The monoisotopic (exact) mass is 313 g/mol. The van der Waals surface area contributed by atoms with Gasteiger partial charge in [-0.2, -0.15) is 5.10 Å². The number of halogens is 1. The van der Waals surface area contributed by atoms with Crippen molar-refractivity contribution in [3.63, 3.8) is 0 Å². The highest BCUT2D eigenvalue weighted by molar-refractivity contribution is 9.10. The van der Waals surface area contributed by atoms with E-state index in [0.717, 1.165) is 49.1 Å². The van der Waals surface area contributed by atoms with Gasteiger partial charge in [-0.05, 0) is 48.3 Å². The van der Waals surface area contributed by atoms with Gasteiger partial charge in [-0.3, -0.25) is 9.48 Å². The van der Waals surface area contributed by atoms with Crippen molar-refractivity contribution in [3.8, 4) is 0 Å². The van der Waals surface area contributed by atoms with Crippen LogP contribution in [0, 0.1) is 5.41 Å². The lowest BCUT2D eigenvalue weighted by atomic mass is 9.76. The Morgan fingerprint density at radius 2 is 2.22 bits per heavy atom. The van der Waals surface area contributed by atoms with Crippen LogP contribution in [0.5, 0.6) is 0 Å². The zero-order valence-corrected chi connectivity index (χ0v) is 12.6. The van der Waals surface area contributed by atoms with E-state index in [9.17, 15) is 4.79 Å². The molecule has 0 amide bonds. The van der Waals surface area contributed by atoms with Gasteiger partial charge in [0.05, 0.1) is 10.7 Å². The van der Waals surface area contributed by atoms with Crippen molar-refractivity contribution in [3.05, 3.63) is 16.4 Å². The second kappa shape index (κ2) is 5.53. The van der Waals surface area contributed by atoms with E-state index in [1.165, 1.54) is 0 Å². The summed E-state index contributed by atoms with van der Waals surface area (Å²) in [6.07, 6.45) is 4.51. The fourth-order valence-electron chi connectivity index (χ4n) is 2.46. The molecule has 4 nitrogen and oxygen atoms in total. The van der Waals surface area contributed by atoms with Gasteiger partial charge >= 0.3 is 0 Å². The lowest BCUT2D eigenvalue weighted by Gasteiger charge is -2.32. The predicted octanol–water partition coefficient (Wildman–Crippen LogP) is 2.63. The maximum absolute atomic E-state index is 12.8. The number of nitrogens with one attached hydrogen (secondary N) is 1. The molecular weight excluding hydrogens is 294 g/mol. The van der Waals surface area contributed by atoms with E-state index < -0.39 is 0 Å². The molecule has 0 saturated carbocycles. The minimum atomic E-state index is -0.251. The summed E-state index contributed by atoms with van der Waals surface area (Å²) in [5.41, 5.74) is 0.487. The summed E-state index contributed by atoms with van der Waals surface area (Å²) in [6.45, 7) is 6.80. The van der Waals surface area contributed by atoms with Gasteiger partial charge in [-0.15, -0.1) is 0 Å². The molecule has 1 N–H and O–H groups in total. The number of Topliss-reactive ketones (excluding diaryl/α,β-unsaturated/α-hetero) is 1. The van der Waals surface area contributed by atoms with Crippen LogP contribution in [-0.4, -0.2) is 28.7 Å². The molecule has 0 unspecified atom stereocenters. The molecule has 0 atom stereocenters. The average Bonchev–Trinajstić information content (AvgIpc) is 2.71. The average molecular weight is 314 g/mol. The van der Waals surface area contributed by atoms with Gasteiger partial charge in [0, 0.05) is 12.0 Å². The van der Waals surface area contributed by atoms with Crippen molar-refractivity contribution in [1.82, 2.24) is 15.1 Å². The zero-order chi connectivity index (χ0) is 13.2. The van der Waals surface area contributed by atoms with E-state index in [4.69, 9.17) is 0 Å². The van der Waals surface area contributed by atoms with Crippen LogP contribution >= 0.6 is 15.9 Å². The molecule has 0 radical (unpaired) electrons. The van der Waals surface area contributed by atoms with Crippen molar-refractivity contribution in [2.75, 3.05) is 13.1 Å². The largest absolute Gasteiger partial charge is 0.317 e. The van der Waals surface area contributed by atoms with Crippen LogP contribution in [0.1, 0.15) is 43.6 Å². The number of hydrogen-bond acceptors (Lipinski definition) is 3. The van der Waals surface area contributed by atoms with Crippen LogP contribution in [-0.2, 0) is 6.54 Å². The normalized spacial score (nSPS) is 18.8. The van der Waals surface area contributed by atoms with Crippen LogP contribution < -0.4 is 5.32 Å². The molecule has 0 bridgehead atoms. The van der Waals surface area contributed by atoms with E-state index >= 15 is 0 Å². The SMILES string of the molecule is CCCn1ncc(Br)c1C(=O)C1(C)CCNCC1. The zero-order valence-electron chi connectivity index (χ0n) is 11.0. The first-order valence-electron chi connectivity index (χ1n) is 6.55. The Morgan fingerprint density at radius 3 is 2.83 bits per heavy atom. The number of rotatable bonds is 4. The summed E-state index contributed by atoms with van der Waals surface area (Å²) < 4.78 is 2.65. The molecule has 1 aromatic heterocycles. The van der Waals surface area contributed by atoms with Crippen LogP contribution in [0.3, 0.4) is 0 Å². The minimum absolute atomic E-state index is 0.224. The summed E-state index contributed by atoms with van der Waals surface area (Å²) in [5, 5.41) is 7.59. The van der Waals surface area contributed by atoms with Gasteiger partial charge in [-0.25, -0.2) is 0 Å². The Bertz CT molecular complexity index is 435. The number of carbonyl (C=O) groups is 1. The Balaban J connectivity index is 2.29. The fourth-order valence-corrected chi connectivity index (χ4v) is 2.94. The number of nitrogens with zero attached hydrogens (tertiary/aromatic N) is 2. The number of hydrogen-bond donors (Lipinski definition) is 1. The van der Waals surface area contributed by atoms with E-state index in [0.29, 0.717) is 0 Å². The second-order valence-corrected chi connectivity index (χ2v) is 6.06. The van der Waals surface area contributed by atoms with Crippen LogP contribution in [0.2, 0.25) is 0 Å². The number of aryl methyl sites for hydroxylation is 1. The van der Waals surface area contributed by atoms with E-state index in [1.807, 2.05) is 4.68 Å². The van der Waals surface area contributed by atoms with Gasteiger partial charge in [0.2, 0.25) is 0 Å². The molecular formula is C13H20BrN3O. The topological polar surface area (TPSA) is 46.9 Å². The molecule has 1 aliphatic rings. The Hall–Kier alpha value is -0.680. The van der Waals surface area contributed by atoms with Gasteiger partial charge in [0.25, 0.3) is 0 Å². The first-order chi connectivity index (χ1) is 8.58. The minimum Gasteiger partial charge on any atom is -0.317 e. The summed E-state index contributed by atoms with van der Waals surface area (Å²) >= 11 is 3.46. The number of ketones is 1. The van der Waals surface area contributed by atoms with Crippen LogP contribution in [0.4, 0.5) is 0 Å². The van der Waals surface area contributed by atoms with Gasteiger partial charge in [-0.1, -0.05) is 13.8 Å². The highest BCUT2D eigenvalue weighted by Crippen LogP contribution is 2.34.